The maximum absolute atomic E-state index is 12.1. The Labute approximate surface area is 174 Å². The molecule has 3 aromatic rings. The Morgan fingerprint density at radius 2 is 2.03 bits per heavy atom. The Kier molecular flexibility index (Phi) is 4.82. The molecule has 0 atom stereocenters. The second kappa shape index (κ2) is 7.22. The van der Waals surface area contributed by atoms with Crippen molar-refractivity contribution in [3.8, 4) is 17.3 Å². The minimum Gasteiger partial charge on any atom is -0.342 e. The van der Waals surface area contributed by atoms with Gasteiger partial charge in [-0.3, -0.25) is 4.79 Å². The summed E-state index contributed by atoms with van der Waals surface area (Å²) >= 11 is 0. The van der Waals surface area contributed by atoms with Crippen LogP contribution in [0.2, 0.25) is 0 Å². The second-order valence-corrected chi connectivity index (χ2v) is 9.77. The van der Waals surface area contributed by atoms with E-state index in [0.717, 1.165) is 41.1 Å². The van der Waals surface area contributed by atoms with Gasteiger partial charge in [-0.1, -0.05) is 0 Å². The van der Waals surface area contributed by atoms with Crippen LogP contribution in [0.1, 0.15) is 31.4 Å². The van der Waals surface area contributed by atoms with Crippen LogP contribution in [0.15, 0.2) is 35.6 Å². The van der Waals surface area contributed by atoms with E-state index < -0.39 is 9.84 Å². The molecule has 30 heavy (non-hydrogen) atoms. The monoisotopic (exact) mass is 423 g/mol. The maximum Gasteiger partial charge on any atom is 0.222 e. The molecule has 1 saturated carbocycles. The lowest BCUT2D eigenvalue weighted by atomic mass is 9.81. The number of nitrogens with zero attached hydrogens (tertiary/aromatic N) is 4. The summed E-state index contributed by atoms with van der Waals surface area (Å²) in [6.45, 7) is 3.24. The van der Waals surface area contributed by atoms with Crippen molar-refractivity contribution in [1.29, 1.82) is 5.26 Å². The Morgan fingerprint density at radius 3 is 2.67 bits per heavy atom. The third-order valence-corrected chi connectivity index (χ3v) is 6.28. The average molecular weight is 423 g/mol. The first kappa shape index (κ1) is 20.0. The molecule has 0 aliphatic heterocycles. The van der Waals surface area contributed by atoms with Crippen molar-refractivity contribution in [3.63, 3.8) is 0 Å². The van der Waals surface area contributed by atoms with Gasteiger partial charge in [0.2, 0.25) is 5.91 Å². The van der Waals surface area contributed by atoms with E-state index in [1.165, 1.54) is 6.92 Å². The molecule has 0 saturated heterocycles. The highest BCUT2D eigenvalue weighted by Gasteiger charge is 2.32. The largest absolute Gasteiger partial charge is 0.342 e. The van der Waals surface area contributed by atoms with Gasteiger partial charge in [0.1, 0.15) is 5.82 Å². The first-order chi connectivity index (χ1) is 14.2. The molecule has 1 aliphatic carbocycles. The highest BCUT2D eigenvalue weighted by Crippen LogP contribution is 2.42. The predicted octanol–water partition coefficient (Wildman–Crippen LogP) is 3.24. The van der Waals surface area contributed by atoms with Crippen molar-refractivity contribution in [3.05, 3.63) is 36.2 Å². The Bertz CT molecular complexity index is 1310. The van der Waals surface area contributed by atoms with Crippen LogP contribution in [0.3, 0.4) is 0 Å². The number of aryl methyl sites for hydroxylation is 1. The molecule has 0 aromatic carbocycles. The van der Waals surface area contributed by atoms with E-state index >= 15 is 0 Å². The molecule has 1 N–H and O–H groups in total. The topological polar surface area (TPSA) is 118 Å². The van der Waals surface area contributed by atoms with Crippen molar-refractivity contribution < 1.29 is 13.2 Å². The first-order valence-corrected chi connectivity index (χ1v) is 11.4. The van der Waals surface area contributed by atoms with Gasteiger partial charge in [-0.05, 0) is 43.5 Å². The summed E-state index contributed by atoms with van der Waals surface area (Å²) in [6, 6.07) is 7.62. The van der Waals surface area contributed by atoms with E-state index in [1.807, 2.05) is 19.2 Å². The molecular formula is C21H21N5O3S. The third-order valence-electron chi connectivity index (χ3n) is 5.31. The van der Waals surface area contributed by atoms with E-state index in [1.54, 1.807) is 18.3 Å². The number of hydrogen-bond donors (Lipinski definition) is 1. The number of carbonyl (C=O) groups excluding carboxylic acids is 1. The molecule has 3 heterocycles. The highest BCUT2D eigenvalue weighted by atomic mass is 32.2. The second-order valence-electron chi connectivity index (χ2n) is 7.81. The number of rotatable bonds is 4. The summed E-state index contributed by atoms with van der Waals surface area (Å²) in [5, 5.41) is 12.6. The predicted molar refractivity (Wildman–Crippen MR) is 112 cm³/mol. The van der Waals surface area contributed by atoms with Crippen LogP contribution in [-0.2, 0) is 14.6 Å². The van der Waals surface area contributed by atoms with Gasteiger partial charge in [0.05, 0.1) is 29.4 Å². The summed E-state index contributed by atoms with van der Waals surface area (Å²) < 4.78 is 26.3. The molecule has 1 amide bonds. The Hall–Kier alpha value is -3.25. The molecule has 0 unspecified atom stereocenters. The van der Waals surface area contributed by atoms with Gasteiger partial charge >= 0.3 is 0 Å². The van der Waals surface area contributed by atoms with E-state index in [4.69, 9.17) is 5.26 Å². The number of carbonyl (C=O) groups is 1. The summed E-state index contributed by atoms with van der Waals surface area (Å²) in [5.41, 5.74) is 2.93. The summed E-state index contributed by atoms with van der Waals surface area (Å²) in [7, 11) is -3.47. The highest BCUT2D eigenvalue weighted by molar-refractivity contribution is 7.90. The van der Waals surface area contributed by atoms with Gasteiger partial charge < -0.3 is 9.88 Å². The Morgan fingerprint density at radius 1 is 1.30 bits per heavy atom. The molecule has 1 aliphatic rings. The molecule has 3 aromatic heterocycles. The SMILES string of the molecule is CC(=O)Nc1cc2c(-c3cc(C)cc(S(C)(=O)=O)n3)cn(C3CC(C#N)C3)c2cn1. The molecule has 0 spiro atoms. The van der Waals surface area contributed by atoms with Gasteiger partial charge in [-0.2, -0.15) is 5.26 Å². The number of fused-ring (bicyclic) bond motifs is 1. The van der Waals surface area contributed by atoms with Crippen molar-refractivity contribution in [2.75, 3.05) is 11.6 Å². The van der Waals surface area contributed by atoms with E-state index in [0.29, 0.717) is 11.5 Å². The standard InChI is InChI=1S/C21H21N5O3S/c1-12-4-18(25-21(5-12)30(3,28)29)17-11-26(15-6-14(7-15)9-22)19-10-23-20(8-16(17)19)24-13(2)27/h4-5,8,10-11,14-15H,6-7H2,1-3H3,(H,23,24,27). The molecule has 9 heteroatoms. The number of anilines is 1. The van der Waals surface area contributed by atoms with Crippen molar-refractivity contribution >= 4 is 32.5 Å². The number of pyridine rings is 2. The Balaban J connectivity index is 1.91. The van der Waals surface area contributed by atoms with E-state index in [-0.39, 0.29) is 22.9 Å². The maximum atomic E-state index is 12.1. The lowest BCUT2D eigenvalue weighted by Gasteiger charge is -2.32. The lowest BCUT2D eigenvalue weighted by molar-refractivity contribution is -0.114. The van der Waals surface area contributed by atoms with Gasteiger partial charge in [-0.15, -0.1) is 0 Å². The molecule has 154 valence electrons. The number of nitrogens with one attached hydrogen (secondary N) is 1. The van der Waals surface area contributed by atoms with Crippen LogP contribution in [0.25, 0.3) is 22.2 Å². The van der Waals surface area contributed by atoms with Crippen LogP contribution in [0, 0.1) is 24.2 Å². The molecule has 1 fully saturated rings. The number of nitriles is 1. The van der Waals surface area contributed by atoms with Gasteiger partial charge in [0, 0.05) is 36.4 Å². The number of hydrogen-bond acceptors (Lipinski definition) is 6. The van der Waals surface area contributed by atoms with Crippen molar-refractivity contribution in [2.45, 2.75) is 37.8 Å². The molecular weight excluding hydrogens is 402 g/mol. The number of amides is 1. The zero-order chi connectivity index (χ0) is 21.6. The average Bonchev–Trinajstić information content (AvgIpc) is 2.98. The quantitative estimate of drug-likeness (QED) is 0.688. The van der Waals surface area contributed by atoms with Gasteiger partial charge in [0.15, 0.2) is 14.9 Å². The van der Waals surface area contributed by atoms with Crippen LogP contribution in [-0.4, -0.2) is 35.1 Å². The summed E-state index contributed by atoms with van der Waals surface area (Å²) in [5.74, 6) is 0.219. The molecule has 8 nitrogen and oxygen atoms in total. The molecule has 4 rings (SSSR count). The van der Waals surface area contributed by atoms with Crippen molar-refractivity contribution in [2.24, 2.45) is 5.92 Å². The summed E-state index contributed by atoms with van der Waals surface area (Å²) in [4.78, 5) is 20.2. The fourth-order valence-corrected chi connectivity index (χ4v) is 4.45. The minimum atomic E-state index is -3.47. The van der Waals surface area contributed by atoms with Crippen LogP contribution < -0.4 is 5.32 Å². The summed E-state index contributed by atoms with van der Waals surface area (Å²) in [6.07, 6.45) is 6.27. The number of sulfone groups is 1. The van der Waals surface area contributed by atoms with Crippen LogP contribution in [0.4, 0.5) is 5.82 Å². The van der Waals surface area contributed by atoms with E-state index in [2.05, 4.69) is 25.9 Å². The smallest absolute Gasteiger partial charge is 0.222 e. The third kappa shape index (κ3) is 3.66. The zero-order valence-corrected chi connectivity index (χ0v) is 17.7. The molecule has 0 bridgehead atoms. The van der Waals surface area contributed by atoms with Crippen LogP contribution in [0.5, 0.6) is 0 Å². The normalized spacial score (nSPS) is 18.6. The lowest BCUT2D eigenvalue weighted by Crippen LogP contribution is -2.25. The zero-order valence-electron chi connectivity index (χ0n) is 16.9. The minimum absolute atomic E-state index is 0.0164. The fraction of sp³-hybridized carbons (Fsp3) is 0.333. The first-order valence-electron chi connectivity index (χ1n) is 9.52. The number of aromatic nitrogens is 3. The van der Waals surface area contributed by atoms with Crippen molar-refractivity contribution in [1.82, 2.24) is 14.5 Å². The van der Waals surface area contributed by atoms with E-state index in [9.17, 15) is 13.2 Å². The fourth-order valence-electron chi connectivity index (χ4n) is 3.79. The van der Waals surface area contributed by atoms with Crippen LogP contribution >= 0.6 is 0 Å². The molecule has 0 radical (unpaired) electrons. The van der Waals surface area contributed by atoms with Gasteiger partial charge in [-0.25, -0.2) is 18.4 Å². The van der Waals surface area contributed by atoms with Gasteiger partial charge in [0.25, 0.3) is 0 Å².